The summed E-state index contributed by atoms with van der Waals surface area (Å²) in [6, 6.07) is 8.75. The van der Waals surface area contributed by atoms with Crippen LogP contribution in [0.5, 0.6) is 0 Å². The van der Waals surface area contributed by atoms with E-state index in [9.17, 15) is 4.79 Å². The summed E-state index contributed by atoms with van der Waals surface area (Å²) < 4.78 is 5.47. The number of H-pyrrole nitrogens is 1. The second-order valence-corrected chi connectivity index (χ2v) is 7.75. The molecule has 0 atom stereocenters. The van der Waals surface area contributed by atoms with Crippen molar-refractivity contribution < 1.29 is 9.53 Å². The molecule has 0 bridgehead atoms. The molecule has 1 aromatic carbocycles. The fourth-order valence-corrected chi connectivity index (χ4v) is 4.11. The Bertz CT molecular complexity index is 1050. The first-order chi connectivity index (χ1) is 13.1. The van der Waals surface area contributed by atoms with E-state index in [1.807, 2.05) is 17.3 Å². The molecule has 0 spiro atoms. The Morgan fingerprint density at radius 3 is 2.85 bits per heavy atom. The van der Waals surface area contributed by atoms with Gasteiger partial charge in [-0.2, -0.15) is 0 Å². The summed E-state index contributed by atoms with van der Waals surface area (Å²) >= 11 is 0. The molecule has 0 radical (unpaired) electrons. The minimum absolute atomic E-state index is 0.150. The number of nitrogens with zero attached hydrogens (tertiary/aromatic N) is 2. The van der Waals surface area contributed by atoms with E-state index < -0.39 is 5.60 Å². The maximum absolute atomic E-state index is 12.7. The number of carbonyl (C=O) groups is 1. The largest absolute Gasteiger partial charge is 0.368 e. The number of aromatic nitrogens is 2. The van der Waals surface area contributed by atoms with Crippen molar-refractivity contribution in [3.8, 4) is 11.1 Å². The summed E-state index contributed by atoms with van der Waals surface area (Å²) in [5.74, 6) is 0.150. The van der Waals surface area contributed by atoms with Gasteiger partial charge in [0.1, 0.15) is 11.2 Å². The smallest absolute Gasteiger partial charge is 0.255 e. The average molecular weight is 361 g/mol. The number of methoxy groups -OCH3 is 1. The van der Waals surface area contributed by atoms with E-state index in [1.165, 1.54) is 22.3 Å². The average Bonchev–Trinajstić information content (AvgIpc) is 3.44. The number of carbonyl (C=O) groups excluding carboxylic acids is 1. The van der Waals surface area contributed by atoms with Gasteiger partial charge >= 0.3 is 0 Å². The highest BCUT2D eigenvalue weighted by molar-refractivity contribution is 5.88. The van der Waals surface area contributed by atoms with Gasteiger partial charge < -0.3 is 14.6 Å². The number of fused-ring (bicyclic) bond motifs is 2. The lowest BCUT2D eigenvalue weighted by Gasteiger charge is -2.31. The summed E-state index contributed by atoms with van der Waals surface area (Å²) in [5.41, 5.74) is 6.46. The fourth-order valence-electron chi connectivity index (χ4n) is 4.11. The van der Waals surface area contributed by atoms with Gasteiger partial charge in [-0.3, -0.25) is 4.79 Å². The number of aromatic amines is 1. The van der Waals surface area contributed by atoms with Crippen LogP contribution in [0.25, 0.3) is 22.2 Å². The van der Waals surface area contributed by atoms with Gasteiger partial charge in [0, 0.05) is 43.5 Å². The molecule has 3 aromatic rings. The first-order valence-electron chi connectivity index (χ1n) is 9.50. The normalized spacial score (nSPS) is 17.8. The van der Waals surface area contributed by atoms with Crippen LogP contribution in [0.2, 0.25) is 0 Å². The molecule has 1 amide bonds. The lowest BCUT2D eigenvalue weighted by atomic mass is 9.94. The zero-order valence-electron chi connectivity index (χ0n) is 15.7. The highest BCUT2D eigenvalue weighted by Gasteiger charge is 2.52. The van der Waals surface area contributed by atoms with Crippen molar-refractivity contribution >= 4 is 16.9 Å². The van der Waals surface area contributed by atoms with Gasteiger partial charge in [-0.1, -0.05) is 18.2 Å². The molecule has 0 saturated heterocycles. The molecule has 2 aliphatic rings. The fraction of sp³-hybridized carbons (Fsp3) is 0.364. The van der Waals surface area contributed by atoms with E-state index in [0.717, 1.165) is 42.4 Å². The van der Waals surface area contributed by atoms with Gasteiger partial charge in [0.25, 0.3) is 5.91 Å². The number of benzene rings is 1. The first kappa shape index (κ1) is 16.5. The Balaban J connectivity index is 1.42. The maximum Gasteiger partial charge on any atom is 0.255 e. The summed E-state index contributed by atoms with van der Waals surface area (Å²) in [4.78, 5) is 22.4. The van der Waals surface area contributed by atoms with Crippen LogP contribution in [0.4, 0.5) is 0 Å². The summed E-state index contributed by atoms with van der Waals surface area (Å²) in [5, 5.41) is 1.16. The highest BCUT2D eigenvalue weighted by atomic mass is 16.5. The summed E-state index contributed by atoms with van der Waals surface area (Å²) in [7, 11) is 1.64. The van der Waals surface area contributed by atoms with E-state index in [4.69, 9.17) is 4.74 Å². The van der Waals surface area contributed by atoms with E-state index >= 15 is 0 Å². The lowest BCUT2D eigenvalue weighted by Crippen LogP contribution is -2.44. The third-order valence-electron chi connectivity index (χ3n) is 6.06. The Kier molecular flexibility index (Phi) is 3.62. The quantitative estimate of drug-likeness (QED) is 0.775. The SMILES string of the molecule is COC1(C(=O)N2CCc3cc(-c4cnc5[nH]cc(C)c5c4)ccc3C2)CC1. The molecule has 0 unspecified atom stereocenters. The Morgan fingerprint density at radius 2 is 2.07 bits per heavy atom. The van der Waals surface area contributed by atoms with Gasteiger partial charge in [-0.25, -0.2) is 4.98 Å². The number of nitrogens with one attached hydrogen (secondary N) is 1. The van der Waals surface area contributed by atoms with Crippen molar-refractivity contribution in [2.75, 3.05) is 13.7 Å². The van der Waals surface area contributed by atoms with E-state index in [-0.39, 0.29) is 5.91 Å². The monoisotopic (exact) mass is 361 g/mol. The molecular formula is C22H23N3O2. The van der Waals surface area contributed by atoms with E-state index in [0.29, 0.717) is 6.54 Å². The van der Waals surface area contributed by atoms with Crippen LogP contribution >= 0.6 is 0 Å². The predicted octanol–water partition coefficient (Wildman–Crippen LogP) is 3.60. The molecule has 3 heterocycles. The molecule has 1 aliphatic carbocycles. The number of amides is 1. The van der Waals surface area contributed by atoms with Crippen molar-refractivity contribution in [3.63, 3.8) is 0 Å². The Labute approximate surface area is 158 Å². The van der Waals surface area contributed by atoms with Crippen molar-refractivity contribution in [1.82, 2.24) is 14.9 Å². The minimum Gasteiger partial charge on any atom is -0.368 e. The molecule has 1 fully saturated rings. The zero-order chi connectivity index (χ0) is 18.6. The second kappa shape index (κ2) is 5.92. The van der Waals surface area contributed by atoms with Gasteiger partial charge in [-0.05, 0) is 54.5 Å². The number of rotatable bonds is 3. The van der Waals surface area contributed by atoms with Crippen LogP contribution in [0.15, 0.2) is 36.7 Å². The third kappa shape index (κ3) is 2.65. The highest BCUT2D eigenvalue weighted by Crippen LogP contribution is 2.41. The van der Waals surface area contributed by atoms with Crippen molar-refractivity contribution in [2.45, 2.75) is 38.3 Å². The third-order valence-corrected chi connectivity index (χ3v) is 6.06. The molecule has 1 N–H and O–H groups in total. The van der Waals surface area contributed by atoms with Crippen LogP contribution < -0.4 is 0 Å². The molecular weight excluding hydrogens is 338 g/mol. The van der Waals surface area contributed by atoms with Crippen LogP contribution in [0.3, 0.4) is 0 Å². The Hall–Kier alpha value is -2.66. The number of aryl methyl sites for hydroxylation is 1. The summed E-state index contributed by atoms with van der Waals surface area (Å²) in [6.07, 6.45) is 6.49. The second-order valence-electron chi connectivity index (χ2n) is 7.75. The summed E-state index contributed by atoms with van der Waals surface area (Å²) in [6.45, 7) is 3.53. The molecule has 1 aliphatic heterocycles. The molecule has 5 rings (SSSR count). The minimum atomic E-state index is -0.535. The van der Waals surface area contributed by atoms with Gasteiger partial charge in [-0.15, -0.1) is 0 Å². The van der Waals surface area contributed by atoms with Gasteiger partial charge in [0.05, 0.1) is 0 Å². The Morgan fingerprint density at radius 1 is 1.22 bits per heavy atom. The molecule has 2 aromatic heterocycles. The topological polar surface area (TPSA) is 58.2 Å². The number of hydrogen-bond donors (Lipinski definition) is 1. The molecule has 1 saturated carbocycles. The number of hydrogen-bond acceptors (Lipinski definition) is 3. The molecule has 5 nitrogen and oxygen atoms in total. The number of pyridine rings is 1. The maximum atomic E-state index is 12.7. The first-order valence-corrected chi connectivity index (χ1v) is 9.50. The van der Waals surface area contributed by atoms with E-state index in [2.05, 4.69) is 41.2 Å². The van der Waals surface area contributed by atoms with Crippen molar-refractivity contribution in [3.05, 3.63) is 53.3 Å². The lowest BCUT2D eigenvalue weighted by molar-refractivity contribution is -0.145. The van der Waals surface area contributed by atoms with Crippen LogP contribution in [-0.4, -0.2) is 40.0 Å². The standard InChI is InChI=1S/C22H23N3O2/c1-14-11-23-20-19(14)10-18(12-24-20)15-3-4-17-13-25(8-5-16(17)9-15)21(26)22(27-2)6-7-22/h3-4,9-12H,5-8,13H2,1-2H3,(H,23,24). The molecule has 5 heteroatoms. The zero-order valence-corrected chi connectivity index (χ0v) is 15.7. The van der Waals surface area contributed by atoms with Crippen LogP contribution in [0.1, 0.15) is 29.5 Å². The number of ether oxygens (including phenoxy) is 1. The van der Waals surface area contributed by atoms with Crippen LogP contribution in [-0.2, 0) is 22.5 Å². The van der Waals surface area contributed by atoms with E-state index in [1.54, 1.807) is 7.11 Å². The van der Waals surface area contributed by atoms with Crippen molar-refractivity contribution in [1.29, 1.82) is 0 Å². The van der Waals surface area contributed by atoms with Gasteiger partial charge in [0.2, 0.25) is 0 Å². The van der Waals surface area contributed by atoms with Gasteiger partial charge in [0.15, 0.2) is 0 Å². The van der Waals surface area contributed by atoms with Crippen LogP contribution in [0, 0.1) is 6.92 Å². The molecule has 138 valence electrons. The predicted molar refractivity (Wildman–Crippen MR) is 104 cm³/mol. The molecule has 27 heavy (non-hydrogen) atoms. The van der Waals surface area contributed by atoms with Crippen molar-refractivity contribution in [2.24, 2.45) is 0 Å².